The zero-order chi connectivity index (χ0) is 14.0. The van der Waals surface area contributed by atoms with E-state index >= 15 is 0 Å². The molecule has 0 heterocycles. The van der Waals surface area contributed by atoms with Crippen LogP contribution in [-0.2, 0) is 0 Å². The summed E-state index contributed by atoms with van der Waals surface area (Å²) in [6.45, 7) is 1.97. The number of nitrogens with two attached hydrogens (primary N) is 1. The molecule has 0 radical (unpaired) electrons. The van der Waals surface area contributed by atoms with Crippen LogP contribution in [0.4, 0.5) is 11.4 Å². The fourth-order valence-corrected chi connectivity index (χ4v) is 2.08. The Balaban J connectivity index is 2.34. The Labute approximate surface area is 117 Å². The second-order valence-corrected chi connectivity index (χ2v) is 4.79. The van der Waals surface area contributed by atoms with E-state index in [0.717, 1.165) is 11.3 Å². The van der Waals surface area contributed by atoms with Crippen molar-refractivity contribution in [2.45, 2.75) is 6.92 Å². The standard InChI is InChI=1S/C15H15ClN2O/c1-10-5-3-4-6-14(10)18(2)15(19)11-7-8-13(17)12(16)9-11/h3-9H,17H2,1-2H3. The van der Waals surface area contributed by atoms with Crippen molar-refractivity contribution in [3.8, 4) is 0 Å². The molecule has 2 rings (SSSR count). The Morgan fingerprint density at radius 3 is 2.53 bits per heavy atom. The number of para-hydroxylation sites is 1. The molecule has 0 aliphatic heterocycles. The van der Waals surface area contributed by atoms with Crippen molar-refractivity contribution in [3.05, 3.63) is 58.6 Å². The predicted octanol–water partition coefficient (Wildman–Crippen LogP) is 3.51. The molecule has 2 aromatic rings. The Morgan fingerprint density at radius 1 is 1.21 bits per heavy atom. The molecule has 0 aliphatic carbocycles. The predicted molar refractivity (Wildman–Crippen MR) is 79.8 cm³/mol. The van der Waals surface area contributed by atoms with Crippen LogP contribution < -0.4 is 10.6 Å². The zero-order valence-electron chi connectivity index (χ0n) is 10.9. The van der Waals surface area contributed by atoms with Crippen LogP contribution in [0.5, 0.6) is 0 Å². The largest absolute Gasteiger partial charge is 0.398 e. The third-order valence-electron chi connectivity index (χ3n) is 3.03. The fraction of sp³-hybridized carbons (Fsp3) is 0.133. The van der Waals surface area contributed by atoms with Crippen molar-refractivity contribution in [1.29, 1.82) is 0 Å². The molecular weight excluding hydrogens is 260 g/mol. The summed E-state index contributed by atoms with van der Waals surface area (Å²) in [7, 11) is 1.74. The quantitative estimate of drug-likeness (QED) is 0.852. The van der Waals surface area contributed by atoms with E-state index in [-0.39, 0.29) is 5.91 Å². The van der Waals surface area contributed by atoms with Gasteiger partial charge in [0.25, 0.3) is 5.91 Å². The molecule has 0 bridgehead atoms. The number of nitrogens with zero attached hydrogens (tertiary/aromatic N) is 1. The van der Waals surface area contributed by atoms with Crippen molar-refractivity contribution in [2.24, 2.45) is 0 Å². The maximum atomic E-state index is 12.4. The summed E-state index contributed by atoms with van der Waals surface area (Å²) in [5.74, 6) is -0.115. The molecular formula is C15H15ClN2O. The molecule has 2 aromatic carbocycles. The van der Waals surface area contributed by atoms with Crippen LogP contribution in [-0.4, -0.2) is 13.0 Å². The van der Waals surface area contributed by atoms with Gasteiger partial charge in [-0.25, -0.2) is 0 Å². The van der Waals surface area contributed by atoms with Gasteiger partial charge in [0.05, 0.1) is 10.7 Å². The topological polar surface area (TPSA) is 46.3 Å². The van der Waals surface area contributed by atoms with Gasteiger partial charge in [0, 0.05) is 18.3 Å². The number of halogens is 1. The highest BCUT2D eigenvalue weighted by atomic mass is 35.5. The van der Waals surface area contributed by atoms with Gasteiger partial charge >= 0.3 is 0 Å². The van der Waals surface area contributed by atoms with E-state index in [2.05, 4.69) is 0 Å². The Morgan fingerprint density at radius 2 is 1.89 bits per heavy atom. The van der Waals surface area contributed by atoms with Crippen LogP contribution in [0.1, 0.15) is 15.9 Å². The summed E-state index contributed by atoms with van der Waals surface area (Å²) in [4.78, 5) is 14.0. The number of hydrogen-bond acceptors (Lipinski definition) is 2. The number of carbonyl (C=O) groups excluding carboxylic acids is 1. The van der Waals surface area contributed by atoms with Crippen molar-refractivity contribution in [3.63, 3.8) is 0 Å². The van der Waals surface area contributed by atoms with Crippen LogP contribution in [0.25, 0.3) is 0 Å². The van der Waals surface area contributed by atoms with Gasteiger partial charge in [-0.2, -0.15) is 0 Å². The molecule has 98 valence electrons. The molecule has 19 heavy (non-hydrogen) atoms. The van der Waals surface area contributed by atoms with Crippen LogP contribution in [0, 0.1) is 6.92 Å². The maximum absolute atomic E-state index is 12.4. The summed E-state index contributed by atoms with van der Waals surface area (Å²) in [5.41, 5.74) is 8.55. The molecule has 0 saturated carbocycles. The summed E-state index contributed by atoms with van der Waals surface area (Å²) >= 11 is 5.94. The highest BCUT2D eigenvalue weighted by Gasteiger charge is 2.15. The summed E-state index contributed by atoms with van der Waals surface area (Å²) in [6, 6.07) is 12.6. The van der Waals surface area contributed by atoms with E-state index in [1.54, 1.807) is 30.1 Å². The molecule has 0 unspecified atom stereocenters. The van der Waals surface area contributed by atoms with Crippen LogP contribution in [0.15, 0.2) is 42.5 Å². The molecule has 3 nitrogen and oxygen atoms in total. The Kier molecular flexibility index (Phi) is 3.76. The van der Waals surface area contributed by atoms with Crippen LogP contribution in [0.2, 0.25) is 5.02 Å². The molecule has 0 atom stereocenters. The minimum atomic E-state index is -0.115. The Bertz CT molecular complexity index is 625. The lowest BCUT2D eigenvalue weighted by Gasteiger charge is -2.19. The molecule has 0 spiro atoms. The second-order valence-electron chi connectivity index (χ2n) is 4.39. The van der Waals surface area contributed by atoms with Crippen molar-refractivity contribution in [1.82, 2.24) is 0 Å². The third-order valence-corrected chi connectivity index (χ3v) is 3.36. The minimum Gasteiger partial charge on any atom is -0.398 e. The SMILES string of the molecule is Cc1ccccc1N(C)C(=O)c1ccc(N)c(Cl)c1. The average molecular weight is 275 g/mol. The van der Waals surface area contributed by atoms with Gasteiger partial charge in [-0.05, 0) is 36.8 Å². The zero-order valence-corrected chi connectivity index (χ0v) is 11.6. The number of aryl methyl sites for hydroxylation is 1. The number of rotatable bonds is 2. The number of hydrogen-bond donors (Lipinski definition) is 1. The van der Waals surface area contributed by atoms with Gasteiger partial charge in [-0.1, -0.05) is 29.8 Å². The van der Waals surface area contributed by atoms with E-state index in [1.807, 2.05) is 31.2 Å². The lowest BCUT2D eigenvalue weighted by Crippen LogP contribution is -2.26. The van der Waals surface area contributed by atoms with Gasteiger partial charge in [-0.15, -0.1) is 0 Å². The highest BCUT2D eigenvalue weighted by Crippen LogP contribution is 2.23. The van der Waals surface area contributed by atoms with E-state index in [1.165, 1.54) is 0 Å². The van der Waals surface area contributed by atoms with E-state index in [9.17, 15) is 4.79 Å². The van der Waals surface area contributed by atoms with Crippen LogP contribution in [0.3, 0.4) is 0 Å². The molecule has 0 aromatic heterocycles. The van der Waals surface area contributed by atoms with Gasteiger partial charge in [0.2, 0.25) is 0 Å². The first kappa shape index (κ1) is 13.4. The second kappa shape index (κ2) is 5.33. The third kappa shape index (κ3) is 2.71. The van der Waals surface area contributed by atoms with Crippen molar-refractivity contribution in [2.75, 3.05) is 17.7 Å². The molecule has 0 aliphatic rings. The Hall–Kier alpha value is -2.00. The molecule has 1 amide bonds. The minimum absolute atomic E-state index is 0.115. The number of nitrogen functional groups attached to an aromatic ring is 1. The first-order chi connectivity index (χ1) is 9.00. The average Bonchev–Trinajstić information content (AvgIpc) is 2.41. The van der Waals surface area contributed by atoms with Crippen LogP contribution >= 0.6 is 11.6 Å². The first-order valence-electron chi connectivity index (χ1n) is 5.89. The first-order valence-corrected chi connectivity index (χ1v) is 6.27. The van der Waals surface area contributed by atoms with Gasteiger partial charge < -0.3 is 10.6 Å². The normalized spacial score (nSPS) is 10.3. The van der Waals surface area contributed by atoms with Gasteiger partial charge in [-0.3, -0.25) is 4.79 Å². The smallest absolute Gasteiger partial charge is 0.258 e. The number of anilines is 2. The van der Waals surface area contributed by atoms with E-state index in [0.29, 0.717) is 16.3 Å². The van der Waals surface area contributed by atoms with Crippen molar-refractivity contribution >= 4 is 28.9 Å². The van der Waals surface area contributed by atoms with Crippen molar-refractivity contribution < 1.29 is 4.79 Å². The van der Waals surface area contributed by atoms with E-state index < -0.39 is 0 Å². The number of amides is 1. The van der Waals surface area contributed by atoms with Gasteiger partial charge in [0.15, 0.2) is 0 Å². The maximum Gasteiger partial charge on any atom is 0.258 e. The highest BCUT2D eigenvalue weighted by molar-refractivity contribution is 6.33. The monoisotopic (exact) mass is 274 g/mol. The van der Waals surface area contributed by atoms with E-state index in [4.69, 9.17) is 17.3 Å². The summed E-state index contributed by atoms with van der Waals surface area (Å²) < 4.78 is 0. The molecule has 2 N–H and O–H groups in total. The lowest BCUT2D eigenvalue weighted by molar-refractivity contribution is 0.0993. The number of carbonyl (C=O) groups is 1. The number of benzene rings is 2. The summed E-state index contributed by atoms with van der Waals surface area (Å²) in [6.07, 6.45) is 0. The molecule has 0 fully saturated rings. The summed E-state index contributed by atoms with van der Waals surface area (Å²) in [5, 5.41) is 0.393. The molecule has 4 heteroatoms. The lowest BCUT2D eigenvalue weighted by atomic mass is 10.1. The molecule has 0 saturated heterocycles. The fourth-order valence-electron chi connectivity index (χ4n) is 1.90. The van der Waals surface area contributed by atoms with Gasteiger partial charge in [0.1, 0.15) is 0 Å².